The third-order valence-electron chi connectivity index (χ3n) is 3.93. The maximum absolute atomic E-state index is 6.02. The van der Waals surface area contributed by atoms with E-state index in [2.05, 4.69) is 44.2 Å². The van der Waals surface area contributed by atoms with E-state index in [9.17, 15) is 0 Å². The molecule has 0 fully saturated rings. The van der Waals surface area contributed by atoms with Gasteiger partial charge in [0.2, 0.25) is 7.98 Å². The number of aryl methyl sites for hydroxylation is 1. The van der Waals surface area contributed by atoms with Crippen LogP contribution in [-0.4, -0.2) is 24.7 Å². The Kier molecular flexibility index (Phi) is 5.02. The number of hydrogen-bond donors (Lipinski definition) is 1. The van der Waals surface area contributed by atoms with Gasteiger partial charge in [-0.2, -0.15) is 0 Å². The number of allylic oxidation sites excluding steroid dienone is 3. The Balaban J connectivity index is 1.95. The van der Waals surface area contributed by atoms with Crippen molar-refractivity contribution in [1.29, 1.82) is 0 Å². The van der Waals surface area contributed by atoms with Crippen molar-refractivity contribution in [2.24, 2.45) is 10.7 Å². The van der Waals surface area contributed by atoms with Crippen LogP contribution in [0.25, 0.3) is 11.6 Å². The van der Waals surface area contributed by atoms with Crippen molar-refractivity contribution in [2.45, 2.75) is 20.3 Å². The molecule has 2 aromatic rings. The molecule has 0 saturated heterocycles. The highest BCUT2D eigenvalue weighted by Gasteiger charge is 2.16. The number of thiophene rings is 1. The van der Waals surface area contributed by atoms with Gasteiger partial charge in [0.25, 0.3) is 0 Å². The molecule has 2 N–H and O–H groups in total. The molecule has 0 unspecified atom stereocenters. The monoisotopic (exact) mass is 333 g/mol. The number of rotatable bonds is 5. The quantitative estimate of drug-likeness (QED) is 0.827. The number of aliphatic imine (C=N–C) groups is 1. The lowest BCUT2D eigenvalue weighted by Gasteiger charge is -2.11. The van der Waals surface area contributed by atoms with Crippen molar-refractivity contribution in [1.82, 2.24) is 4.48 Å². The molecule has 2 aromatic heterocycles. The Morgan fingerprint density at radius 3 is 2.75 bits per heavy atom. The first-order valence-electron chi connectivity index (χ1n) is 7.96. The normalized spacial score (nSPS) is 16.6. The SMILES string of the molecule is [B]n1cccc1C(CCN)=C1N=C(C=Cc2ccc(C)s2)C=C1C. The average molecular weight is 333 g/mol. The lowest BCUT2D eigenvalue weighted by Crippen LogP contribution is -2.05. The van der Waals surface area contributed by atoms with Crippen molar-refractivity contribution in [3.05, 3.63) is 69.3 Å². The number of hydrogen-bond acceptors (Lipinski definition) is 3. The lowest BCUT2D eigenvalue weighted by atomic mass is 10.0. The van der Waals surface area contributed by atoms with Crippen LogP contribution in [0.3, 0.4) is 0 Å². The molecular formula is C19H20BN3S. The van der Waals surface area contributed by atoms with Crippen LogP contribution >= 0.6 is 11.3 Å². The second-order valence-corrected chi connectivity index (χ2v) is 7.13. The second kappa shape index (κ2) is 7.20. The smallest absolute Gasteiger partial charge is 0.234 e. The molecule has 3 nitrogen and oxygen atoms in total. The van der Waals surface area contributed by atoms with E-state index in [-0.39, 0.29) is 0 Å². The highest BCUT2D eigenvalue weighted by Crippen LogP contribution is 2.31. The van der Waals surface area contributed by atoms with Gasteiger partial charge in [-0.1, -0.05) is 0 Å². The van der Waals surface area contributed by atoms with Crippen molar-refractivity contribution < 1.29 is 0 Å². The summed E-state index contributed by atoms with van der Waals surface area (Å²) >= 11 is 1.78. The van der Waals surface area contributed by atoms with E-state index in [1.807, 2.05) is 18.3 Å². The Morgan fingerprint density at radius 1 is 1.29 bits per heavy atom. The molecule has 3 rings (SSSR count). The molecule has 24 heavy (non-hydrogen) atoms. The zero-order valence-corrected chi connectivity index (χ0v) is 14.8. The topological polar surface area (TPSA) is 43.3 Å². The van der Waals surface area contributed by atoms with E-state index in [0.29, 0.717) is 6.54 Å². The molecule has 120 valence electrons. The molecular weight excluding hydrogens is 313 g/mol. The predicted octanol–water partition coefficient (Wildman–Crippen LogP) is 3.96. The van der Waals surface area contributed by atoms with Crippen LogP contribution in [0, 0.1) is 6.92 Å². The van der Waals surface area contributed by atoms with Gasteiger partial charge in [-0.15, -0.1) is 11.3 Å². The third kappa shape index (κ3) is 3.52. The minimum Gasteiger partial charge on any atom is -0.403 e. The van der Waals surface area contributed by atoms with Crippen LogP contribution in [0.5, 0.6) is 0 Å². The van der Waals surface area contributed by atoms with Gasteiger partial charge in [0.15, 0.2) is 0 Å². The average Bonchev–Trinajstić information content (AvgIpc) is 3.24. The third-order valence-corrected chi connectivity index (χ3v) is 4.89. The van der Waals surface area contributed by atoms with Crippen LogP contribution in [0.15, 0.2) is 58.9 Å². The highest BCUT2D eigenvalue weighted by molar-refractivity contribution is 7.12. The zero-order chi connectivity index (χ0) is 17.1. The standard InChI is InChI=1S/C19H20BN3S/c1-13-12-15(6-8-16-7-5-14(2)24-16)22-19(13)17(9-10-21)18-4-3-11-23(18)20/h3-8,11-12H,9-10,21H2,1-2H3. The van der Waals surface area contributed by atoms with Crippen molar-refractivity contribution in [2.75, 3.05) is 6.54 Å². The fraction of sp³-hybridized carbons (Fsp3) is 0.211. The van der Waals surface area contributed by atoms with E-state index < -0.39 is 0 Å². The highest BCUT2D eigenvalue weighted by atomic mass is 32.1. The second-order valence-electron chi connectivity index (χ2n) is 5.81. The van der Waals surface area contributed by atoms with Crippen molar-refractivity contribution in [3.63, 3.8) is 0 Å². The van der Waals surface area contributed by atoms with Gasteiger partial charge in [0.1, 0.15) is 0 Å². The van der Waals surface area contributed by atoms with Gasteiger partial charge in [-0.05, 0) is 81.1 Å². The molecule has 5 heteroatoms. The molecule has 0 saturated carbocycles. The van der Waals surface area contributed by atoms with Gasteiger partial charge in [0, 0.05) is 21.0 Å². The number of nitrogens with zero attached hydrogens (tertiary/aromatic N) is 2. The summed E-state index contributed by atoms with van der Waals surface area (Å²) in [6.45, 7) is 4.75. The van der Waals surface area contributed by atoms with Gasteiger partial charge < -0.3 is 10.2 Å². The molecule has 0 spiro atoms. The van der Waals surface area contributed by atoms with Crippen LogP contribution in [0.2, 0.25) is 0 Å². The Labute approximate surface area is 148 Å². The van der Waals surface area contributed by atoms with Gasteiger partial charge in [0.05, 0.1) is 11.4 Å². The van der Waals surface area contributed by atoms with E-state index in [0.717, 1.165) is 34.7 Å². The first kappa shape index (κ1) is 16.7. The molecule has 3 heterocycles. The molecule has 1 aliphatic rings. The molecule has 0 bridgehead atoms. The summed E-state index contributed by atoms with van der Waals surface area (Å²) in [7, 11) is 6.02. The molecule has 2 radical (unpaired) electrons. The Hall–Kier alpha value is -2.11. The molecule has 1 aliphatic heterocycles. The van der Waals surface area contributed by atoms with Crippen LogP contribution in [0.1, 0.15) is 28.8 Å². The molecule has 0 amide bonds. The van der Waals surface area contributed by atoms with Gasteiger partial charge in [-0.25, -0.2) is 4.99 Å². The van der Waals surface area contributed by atoms with Crippen LogP contribution < -0.4 is 5.73 Å². The minimum atomic E-state index is 0.562. The first-order chi connectivity index (χ1) is 11.6. The van der Waals surface area contributed by atoms with Crippen LogP contribution in [0.4, 0.5) is 0 Å². The summed E-state index contributed by atoms with van der Waals surface area (Å²) in [6.07, 6.45) is 8.85. The predicted molar refractivity (Wildman–Crippen MR) is 105 cm³/mol. The number of nitrogens with two attached hydrogens (primary N) is 1. The largest absolute Gasteiger partial charge is 0.403 e. The van der Waals surface area contributed by atoms with E-state index in [4.69, 9.17) is 18.7 Å². The van der Waals surface area contributed by atoms with E-state index in [1.54, 1.807) is 15.8 Å². The van der Waals surface area contributed by atoms with Crippen molar-refractivity contribution in [3.8, 4) is 0 Å². The van der Waals surface area contributed by atoms with Gasteiger partial charge >= 0.3 is 0 Å². The van der Waals surface area contributed by atoms with Crippen molar-refractivity contribution >= 4 is 36.7 Å². The summed E-state index contributed by atoms with van der Waals surface area (Å²) in [5.74, 6) is 0. The summed E-state index contributed by atoms with van der Waals surface area (Å²) in [4.78, 5) is 7.35. The maximum atomic E-state index is 6.02. The summed E-state index contributed by atoms with van der Waals surface area (Å²) in [6, 6.07) is 8.19. The Bertz CT molecular complexity index is 865. The lowest BCUT2D eigenvalue weighted by molar-refractivity contribution is 0.997. The summed E-state index contributed by atoms with van der Waals surface area (Å²) in [5, 5.41) is 0. The minimum absolute atomic E-state index is 0.562. The fourth-order valence-corrected chi connectivity index (χ4v) is 3.58. The first-order valence-corrected chi connectivity index (χ1v) is 8.78. The zero-order valence-electron chi connectivity index (χ0n) is 14.0. The molecule has 0 aliphatic carbocycles. The molecule has 0 atom stereocenters. The molecule has 0 aromatic carbocycles. The van der Waals surface area contributed by atoms with Gasteiger partial charge in [-0.3, -0.25) is 0 Å². The number of aromatic nitrogens is 1. The maximum Gasteiger partial charge on any atom is 0.234 e. The summed E-state index contributed by atoms with van der Waals surface area (Å²) < 4.78 is 1.63. The van der Waals surface area contributed by atoms with E-state index >= 15 is 0 Å². The fourth-order valence-electron chi connectivity index (χ4n) is 2.80. The Morgan fingerprint density at radius 2 is 2.12 bits per heavy atom. The van der Waals surface area contributed by atoms with E-state index in [1.165, 1.54) is 9.75 Å². The summed E-state index contributed by atoms with van der Waals surface area (Å²) in [5.41, 5.74) is 10.9. The van der Waals surface area contributed by atoms with Crippen LogP contribution in [-0.2, 0) is 0 Å².